The summed E-state index contributed by atoms with van der Waals surface area (Å²) in [6.45, 7) is 4.65. The van der Waals surface area contributed by atoms with E-state index in [0.717, 1.165) is 16.2 Å². The minimum Gasteiger partial charge on any atom is -0.317 e. The van der Waals surface area contributed by atoms with Gasteiger partial charge in [-0.15, -0.1) is 11.3 Å². The van der Waals surface area contributed by atoms with Crippen molar-refractivity contribution in [1.82, 2.24) is 5.32 Å². The lowest BCUT2D eigenvalue weighted by atomic mass is 9.82. The fourth-order valence-corrected chi connectivity index (χ4v) is 3.88. The van der Waals surface area contributed by atoms with E-state index >= 15 is 0 Å². The van der Waals surface area contributed by atoms with Crippen LogP contribution in [0.2, 0.25) is 4.34 Å². The second kappa shape index (κ2) is 5.33. The van der Waals surface area contributed by atoms with Crippen LogP contribution in [0.1, 0.15) is 37.0 Å². The van der Waals surface area contributed by atoms with E-state index in [2.05, 4.69) is 18.3 Å². The van der Waals surface area contributed by atoms with Crippen LogP contribution in [-0.4, -0.2) is 13.1 Å². The van der Waals surface area contributed by atoms with E-state index in [9.17, 15) is 0 Å². The predicted octanol–water partition coefficient (Wildman–Crippen LogP) is 3.89. The third-order valence-corrected chi connectivity index (χ3v) is 4.72. The van der Waals surface area contributed by atoms with Crippen LogP contribution in [0.15, 0.2) is 12.1 Å². The normalized spacial score (nSPS) is 20.4. The molecule has 1 atom stereocenters. The van der Waals surface area contributed by atoms with Gasteiger partial charge in [0.15, 0.2) is 0 Å². The van der Waals surface area contributed by atoms with Crippen molar-refractivity contribution in [2.45, 2.75) is 32.1 Å². The lowest BCUT2D eigenvalue weighted by Crippen LogP contribution is -2.30. The molecule has 3 heteroatoms. The molecule has 1 saturated heterocycles. The summed E-state index contributed by atoms with van der Waals surface area (Å²) in [7, 11) is 0. The van der Waals surface area contributed by atoms with E-state index in [1.165, 1.54) is 37.2 Å². The molecule has 84 valence electrons. The zero-order valence-electron chi connectivity index (χ0n) is 9.13. The topological polar surface area (TPSA) is 12.0 Å². The largest absolute Gasteiger partial charge is 0.317 e. The maximum absolute atomic E-state index is 6.01. The summed E-state index contributed by atoms with van der Waals surface area (Å²) < 4.78 is 0.928. The van der Waals surface area contributed by atoms with Gasteiger partial charge in [0.1, 0.15) is 0 Å². The standard InChI is InChI=1S/C12H18ClNS/c1-2-10(9-5-7-14-8-6-9)11-3-4-12(13)15-11/h3-4,9-10,14H,2,5-8H2,1H3. The molecule has 1 nitrogen and oxygen atoms in total. The quantitative estimate of drug-likeness (QED) is 0.849. The zero-order valence-corrected chi connectivity index (χ0v) is 10.7. The molecule has 1 aromatic heterocycles. The van der Waals surface area contributed by atoms with Crippen LogP contribution >= 0.6 is 22.9 Å². The molecular formula is C12H18ClNS. The Morgan fingerprint density at radius 1 is 1.47 bits per heavy atom. The average Bonchev–Trinajstić information content (AvgIpc) is 2.68. The van der Waals surface area contributed by atoms with E-state index in [0.29, 0.717) is 0 Å². The van der Waals surface area contributed by atoms with Crippen molar-refractivity contribution in [1.29, 1.82) is 0 Å². The Labute approximate surface area is 101 Å². The van der Waals surface area contributed by atoms with Crippen LogP contribution in [0.5, 0.6) is 0 Å². The third kappa shape index (κ3) is 2.74. The van der Waals surface area contributed by atoms with Gasteiger partial charge in [-0.3, -0.25) is 0 Å². The molecule has 2 heterocycles. The predicted molar refractivity (Wildman–Crippen MR) is 68.0 cm³/mol. The van der Waals surface area contributed by atoms with Crippen LogP contribution in [-0.2, 0) is 0 Å². The number of thiophene rings is 1. The first-order valence-corrected chi connectivity index (χ1v) is 6.96. The van der Waals surface area contributed by atoms with Crippen molar-refractivity contribution < 1.29 is 0 Å². The Kier molecular flexibility index (Phi) is 4.06. The van der Waals surface area contributed by atoms with E-state index in [1.807, 2.05) is 6.07 Å². The maximum atomic E-state index is 6.01. The molecular weight excluding hydrogens is 226 g/mol. The first-order chi connectivity index (χ1) is 7.31. The molecule has 0 aromatic carbocycles. The highest BCUT2D eigenvalue weighted by Crippen LogP contribution is 2.38. The molecule has 0 spiro atoms. The van der Waals surface area contributed by atoms with Gasteiger partial charge in [0.2, 0.25) is 0 Å². The van der Waals surface area contributed by atoms with Gasteiger partial charge in [-0.05, 0) is 56.3 Å². The van der Waals surface area contributed by atoms with Gasteiger partial charge < -0.3 is 5.32 Å². The third-order valence-electron chi connectivity index (χ3n) is 3.35. The lowest BCUT2D eigenvalue weighted by Gasteiger charge is -2.29. The van der Waals surface area contributed by atoms with Gasteiger partial charge in [0, 0.05) is 4.88 Å². The molecule has 0 saturated carbocycles. The minimum absolute atomic E-state index is 0.726. The Morgan fingerprint density at radius 2 is 2.20 bits per heavy atom. The van der Waals surface area contributed by atoms with Crippen LogP contribution in [0.25, 0.3) is 0 Å². The van der Waals surface area contributed by atoms with Gasteiger partial charge in [-0.25, -0.2) is 0 Å². The smallest absolute Gasteiger partial charge is 0.0931 e. The summed E-state index contributed by atoms with van der Waals surface area (Å²) in [5.74, 6) is 1.58. The van der Waals surface area contributed by atoms with Crippen molar-refractivity contribution in [2.75, 3.05) is 13.1 Å². The fraction of sp³-hybridized carbons (Fsp3) is 0.667. The summed E-state index contributed by atoms with van der Waals surface area (Å²) in [6, 6.07) is 4.24. The van der Waals surface area contributed by atoms with Gasteiger partial charge >= 0.3 is 0 Å². The van der Waals surface area contributed by atoms with Gasteiger partial charge in [0.05, 0.1) is 4.34 Å². The number of nitrogens with one attached hydrogen (secondary N) is 1. The summed E-state index contributed by atoms with van der Waals surface area (Å²) in [4.78, 5) is 1.48. The molecule has 0 radical (unpaired) electrons. The van der Waals surface area contributed by atoms with E-state index in [1.54, 1.807) is 11.3 Å². The van der Waals surface area contributed by atoms with Crippen molar-refractivity contribution in [3.05, 3.63) is 21.3 Å². The molecule has 1 unspecified atom stereocenters. The fourth-order valence-electron chi connectivity index (χ4n) is 2.54. The number of piperidine rings is 1. The van der Waals surface area contributed by atoms with E-state index in [4.69, 9.17) is 11.6 Å². The summed E-state index contributed by atoms with van der Waals surface area (Å²) in [5, 5.41) is 3.43. The van der Waals surface area contributed by atoms with Crippen molar-refractivity contribution in [2.24, 2.45) is 5.92 Å². The first kappa shape index (κ1) is 11.4. The van der Waals surface area contributed by atoms with Crippen molar-refractivity contribution in [3.63, 3.8) is 0 Å². The molecule has 1 aromatic rings. The molecule has 0 amide bonds. The highest BCUT2D eigenvalue weighted by molar-refractivity contribution is 7.16. The maximum Gasteiger partial charge on any atom is 0.0931 e. The van der Waals surface area contributed by atoms with Crippen molar-refractivity contribution in [3.8, 4) is 0 Å². The van der Waals surface area contributed by atoms with Crippen LogP contribution in [0.4, 0.5) is 0 Å². The molecule has 2 rings (SSSR count). The second-order valence-electron chi connectivity index (χ2n) is 4.24. The molecule has 1 aliphatic rings. The SMILES string of the molecule is CCC(c1ccc(Cl)s1)C1CCNCC1. The number of hydrogen-bond donors (Lipinski definition) is 1. The summed E-state index contributed by atoms with van der Waals surface area (Å²) in [5.41, 5.74) is 0. The van der Waals surface area contributed by atoms with E-state index < -0.39 is 0 Å². The van der Waals surface area contributed by atoms with Crippen LogP contribution < -0.4 is 5.32 Å². The zero-order chi connectivity index (χ0) is 10.7. The molecule has 0 aliphatic carbocycles. The molecule has 1 fully saturated rings. The highest BCUT2D eigenvalue weighted by atomic mass is 35.5. The molecule has 1 N–H and O–H groups in total. The minimum atomic E-state index is 0.726. The van der Waals surface area contributed by atoms with E-state index in [-0.39, 0.29) is 0 Å². The molecule has 15 heavy (non-hydrogen) atoms. The molecule has 1 aliphatic heterocycles. The number of hydrogen-bond acceptors (Lipinski definition) is 2. The second-order valence-corrected chi connectivity index (χ2v) is 5.99. The lowest BCUT2D eigenvalue weighted by molar-refractivity contribution is 0.315. The summed E-state index contributed by atoms with van der Waals surface area (Å²) in [6.07, 6.45) is 3.86. The van der Waals surface area contributed by atoms with Gasteiger partial charge in [-0.1, -0.05) is 18.5 Å². The Morgan fingerprint density at radius 3 is 2.73 bits per heavy atom. The number of halogens is 1. The van der Waals surface area contributed by atoms with Crippen LogP contribution in [0, 0.1) is 5.92 Å². The monoisotopic (exact) mass is 243 g/mol. The van der Waals surface area contributed by atoms with Gasteiger partial charge in [0.25, 0.3) is 0 Å². The average molecular weight is 244 g/mol. The number of rotatable bonds is 3. The Hall–Kier alpha value is -0.0500. The Bertz CT molecular complexity index is 304. The first-order valence-electron chi connectivity index (χ1n) is 5.77. The van der Waals surface area contributed by atoms with Gasteiger partial charge in [-0.2, -0.15) is 0 Å². The highest BCUT2D eigenvalue weighted by Gasteiger charge is 2.24. The Balaban J connectivity index is 2.08. The van der Waals surface area contributed by atoms with Crippen molar-refractivity contribution >= 4 is 22.9 Å². The van der Waals surface area contributed by atoms with Crippen LogP contribution in [0.3, 0.4) is 0 Å². The molecule has 0 bridgehead atoms. The summed E-state index contributed by atoms with van der Waals surface area (Å²) >= 11 is 7.77.